The quantitative estimate of drug-likeness (QED) is 0.695. The van der Waals surface area contributed by atoms with E-state index in [1.54, 1.807) is 24.3 Å². The van der Waals surface area contributed by atoms with Crippen molar-refractivity contribution in [3.05, 3.63) is 42.0 Å². The molecule has 0 spiro atoms. The molecule has 2 aromatic rings. The van der Waals surface area contributed by atoms with Crippen LogP contribution in [-0.4, -0.2) is 15.3 Å². The van der Waals surface area contributed by atoms with E-state index in [9.17, 15) is 15.3 Å². The van der Waals surface area contributed by atoms with Gasteiger partial charge in [0.2, 0.25) is 0 Å². The highest BCUT2D eigenvalue weighted by Crippen LogP contribution is 2.39. The van der Waals surface area contributed by atoms with E-state index in [4.69, 9.17) is 0 Å². The molecule has 2 aromatic carbocycles. The Labute approximate surface area is 99.6 Å². The SMILES string of the molecule is CCc1c(-c2ccccc2O)ccc(O)c1O. The highest BCUT2D eigenvalue weighted by molar-refractivity contribution is 5.76. The molecule has 0 radical (unpaired) electrons. The van der Waals surface area contributed by atoms with Crippen molar-refractivity contribution in [3.8, 4) is 28.4 Å². The molecule has 0 heterocycles. The maximum Gasteiger partial charge on any atom is 0.161 e. The summed E-state index contributed by atoms with van der Waals surface area (Å²) in [6.07, 6.45) is 0.573. The first-order valence-corrected chi connectivity index (χ1v) is 5.47. The van der Waals surface area contributed by atoms with Gasteiger partial charge in [0.1, 0.15) is 5.75 Å². The van der Waals surface area contributed by atoms with Crippen LogP contribution in [0.15, 0.2) is 36.4 Å². The van der Waals surface area contributed by atoms with Gasteiger partial charge in [-0.1, -0.05) is 31.2 Å². The molecule has 0 bridgehead atoms. The van der Waals surface area contributed by atoms with E-state index in [2.05, 4.69) is 0 Å². The summed E-state index contributed by atoms with van der Waals surface area (Å²) in [6, 6.07) is 10.1. The zero-order chi connectivity index (χ0) is 12.4. The number of para-hydroxylation sites is 1. The maximum atomic E-state index is 9.80. The summed E-state index contributed by atoms with van der Waals surface area (Å²) in [6.45, 7) is 1.89. The second-order valence-corrected chi connectivity index (χ2v) is 3.83. The number of hydrogen-bond acceptors (Lipinski definition) is 3. The van der Waals surface area contributed by atoms with Crippen LogP contribution in [0.4, 0.5) is 0 Å². The third-order valence-corrected chi connectivity index (χ3v) is 2.81. The second kappa shape index (κ2) is 4.37. The van der Waals surface area contributed by atoms with Gasteiger partial charge in [-0.3, -0.25) is 0 Å². The number of benzene rings is 2. The normalized spacial score (nSPS) is 10.4. The molecule has 0 aromatic heterocycles. The molecule has 0 saturated heterocycles. The van der Waals surface area contributed by atoms with Gasteiger partial charge in [0.15, 0.2) is 11.5 Å². The molecule has 17 heavy (non-hydrogen) atoms. The van der Waals surface area contributed by atoms with Gasteiger partial charge < -0.3 is 15.3 Å². The Kier molecular flexibility index (Phi) is 2.91. The van der Waals surface area contributed by atoms with Crippen molar-refractivity contribution in [2.24, 2.45) is 0 Å². The molecule has 0 amide bonds. The molecule has 0 aliphatic carbocycles. The van der Waals surface area contributed by atoms with Crippen LogP contribution in [0.3, 0.4) is 0 Å². The Hall–Kier alpha value is -2.16. The maximum absolute atomic E-state index is 9.80. The summed E-state index contributed by atoms with van der Waals surface area (Å²) in [5.41, 5.74) is 2.02. The van der Waals surface area contributed by atoms with E-state index >= 15 is 0 Å². The molecule has 3 heteroatoms. The summed E-state index contributed by atoms with van der Waals surface area (Å²) in [4.78, 5) is 0. The first-order chi connectivity index (χ1) is 8.15. The molecular formula is C14H14O3. The Balaban J connectivity index is 2.68. The average molecular weight is 230 g/mol. The van der Waals surface area contributed by atoms with Gasteiger partial charge in [-0.05, 0) is 24.1 Å². The topological polar surface area (TPSA) is 60.7 Å². The van der Waals surface area contributed by atoms with Crippen molar-refractivity contribution >= 4 is 0 Å². The number of aromatic hydroxyl groups is 3. The fourth-order valence-corrected chi connectivity index (χ4v) is 1.94. The molecule has 0 atom stereocenters. The lowest BCUT2D eigenvalue weighted by Gasteiger charge is -2.12. The van der Waals surface area contributed by atoms with E-state index in [1.165, 1.54) is 6.07 Å². The van der Waals surface area contributed by atoms with Crippen LogP contribution in [0.25, 0.3) is 11.1 Å². The van der Waals surface area contributed by atoms with Crippen molar-refractivity contribution in [2.45, 2.75) is 13.3 Å². The third-order valence-electron chi connectivity index (χ3n) is 2.81. The van der Waals surface area contributed by atoms with Gasteiger partial charge in [0.05, 0.1) is 0 Å². The van der Waals surface area contributed by atoms with Crippen LogP contribution in [0.5, 0.6) is 17.2 Å². The lowest BCUT2D eigenvalue weighted by Crippen LogP contribution is -1.89. The molecule has 0 saturated carbocycles. The fraction of sp³-hybridized carbons (Fsp3) is 0.143. The van der Waals surface area contributed by atoms with E-state index < -0.39 is 0 Å². The van der Waals surface area contributed by atoms with Gasteiger partial charge in [-0.15, -0.1) is 0 Å². The summed E-state index contributed by atoms with van der Waals surface area (Å²) < 4.78 is 0. The Morgan fingerprint density at radius 2 is 1.53 bits per heavy atom. The predicted molar refractivity (Wildman–Crippen MR) is 66.3 cm³/mol. The van der Waals surface area contributed by atoms with Crippen molar-refractivity contribution in [1.82, 2.24) is 0 Å². The fourth-order valence-electron chi connectivity index (χ4n) is 1.94. The number of phenols is 3. The van der Waals surface area contributed by atoms with Crippen molar-refractivity contribution < 1.29 is 15.3 Å². The monoisotopic (exact) mass is 230 g/mol. The molecule has 0 unspecified atom stereocenters. The minimum atomic E-state index is -0.138. The van der Waals surface area contributed by atoms with Crippen LogP contribution < -0.4 is 0 Å². The van der Waals surface area contributed by atoms with E-state index in [0.29, 0.717) is 17.5 Å². The van der Waals surface area contributed by atoms with E-state index in [0.717, 1.165) is 5.56 Å². The number of rotatable bonds is 2. The zero-order valence-electron chi connectivity index (χ0n) is 9.51. The molecule has 88 valence electrons. The van der Waals surface area contributed by atoms with E-state index in [1.807, 2.05) is 13.0 Å². The summed E-state index contributed by atoms with van der Waals surface area (Å²) in [5.74, 6) is -0.0958. The molecule has 3 nitrogen and oxygen atoms in total. The van der Waals surface area contributed by atoms with Crippen LogP contribution >= 0.6 is 0 Å². The predicted octanol–water partition coefficient (Wildman–Crippen LogP) is 3.03. The second-order valence-electron chi connectivity index (χ2n) is 3.83. The summed E-state index contributed by atoms with van der Waals surface area (Å²) in [7, 11) is 0. The van der Waals surface area contributed by atoms with E-state index in [-0.39, 0.29) is 17.2 Å². The first-order valence-electron chi connectivity index (χ1n) is 5.47. The first kappa shape index (κ1) is 11.3. The standard InChI is InChI=1S/C14H14O3/c1-2-9-10(7-8-13(16)14(9)17)11-5-3-4-6-12(11)15/h3-8,15-17H,2H2,1H3. The van der Waals surface area contributed by atoms with Crippen molar-refractivity contribution in [3.63, 3.8) is 0 Å². The molecule has 0 aliphatic rings. The van der Waals surface area contributed by atoms with Crippen LogP contribution in [-0.2, 0) is 6.42 Å². The largest absolute Gasteiger partial charge is 0.507 e. The smallest absolute Gasteiger partial charge is 0.161 e. The Morgan fingerprint density at radius 3 is 2.18 bits per heavy atom. The number of phenolic OH excluding ortho intramolecular Hbond substituents is 3. The summed E-state index contributed by atoms with van der Waals surface area (Å²) >= 11 is 0. The molecule has 0 fully saturated rings. The molecule has 0 aliphatic heterocycles. The van der Waals surface area contributed by atoms with Crippen molar-refractivity contribution in [2.75, 3.05) is 0 Å². The van der Waals surface area contributed by atoms with Crippen molar-refractivity contribution in [1.29, 1.82) is 0 Å². The minimum absolute atomic E-state index is 0.117. The lowest BCUT2D eigenvalue weighted by molar-refractivity contribution is 0.400. The van der Waals surface area contributed by atoms with Gasteiger partial charge in [0.25, 0.3) is 0 Å². The molecular weight excluding hydrogens is 216 g/mol. The summed E-state index contributed by atoms with van der Waals surface area (Å²) in [5, 5.41) is 29.1. The van der Waals surface area contributed by atoms with Crippen LogP contribution in [0.1, 0.15) is 12.5 Å². The van der Waals surface area contributed by atoms with Gasteiger partial charge in [0, 0.05) is 11.1 Å². The highest BCUT2D eigenvalue weighted by atomic mass is 16.3. The lowest BCUT2D eigenvalue weighted by atomic mass is 9.96. The Bertz CT molecular complexity index is 547. The van der Waals surface area contributed by atoms with Crippen LogP contribution in [0.2, 0.25) is 0 Å². The van der Waals surface area contributed by atoms with Gasteiger partial charge in [-0.25, -0.2) is 0 Å². The molecule has 2 rings (SSSR count). The molecule has 3 N–H and O–H groups in total. The van der Waals surface area contributed by atoms with Gasteiger partial charge >= 0.3 is 0 Å². The minimum Gasteiger partial charge on any atom is -0.507 e. The van der Waals surface area contributed by atoms with Gasteiger partial charge in [-0.2, -0.15) is 0 Å². The zero-order valence-corrected chi connectivity index (χ0v) is 9.51. The van der Waals surface area contributed by atoms with Crippen LogP contribution in [0, 0.1) is 0 Å². The Morgan fingerprint density at radius 1 is 0.824 bits per heavy atom. The third kappa shape index (κ3) is 1.91. The highest BCUT2D eigenvalue weighted by Gasteiger charge is 2.13. The number of hydrogen-bond donors (Lipinski definition) is 3. The average Bonchev–Trinajstić information content (AvgIpc) is 2.33.